The van der Waals surface area contributed by atoms with Crippen molar-refractivity contribution in [3.63, 3.8) is 0 Å². The molecule has 4 heterocycles. The van der Waals surface area contributed by atoms with E-state index in [4.69, 9.17) is 5.73 Å². The van der Waals surface area contributed by atoms with Crippen LogP contribution >= 0.6 is 0 Å². The van der Waals surface area contributed by atoms with Crippen molar-refractivity contribution in [1.29, 1.82) is 0 Å². The number of benzene rings is 4. The van der Waals surface area contributed by atoms with E-state index < -0.39 is 23.5 Å². The zero-order valence-corrected chi connectivity index (χ0v) is 29.8. The average Bonchev–Trinajstić information content (AvgIpc) is 3.72. The van der Waals surface area contributed by atoms with E-state index in [0.29, 0.717) is 56.4 Å². The minimum Gasteiger partial charge on any atom is -0.351 e. The Morgan fingerprint density at radius 2 is 1.20 bits per heavy atom. The molecule has 0 fully saturated rings. The van der Waals surface area contributed by atoms with Crippen LogP contribution in [0.25, 0.3) is 45.1 Å². The summed E-state index contributed by atoms with van der Waals surface area (Å²) in [6.07, 6.45) is 3.12. The second-order valence-corrected chi connectivity index (χ2v) is 12.5. The van der Waals surface area contributed by atoms with Gasteiger partial charge in [0, 0.05) is 25.2 Å². The average molecular weight is 746 g/mol. The predicted octanol–water partition coefficient (Wildman–Crippen LogP) is 8.19. The Balaban J connectivity index is 0.000000170. The summed E-state index contributed by atoms with van der Waals surface area (Å²) in [5, 5.41) is 2.99. The summed E-state index contributed by atoms with van der Waals surface area (Å²) in [5.74, 6) is -0.682. The van der Waals surface area contributed by atoms with Crippen molar-refractivity contribution >= 4 is 51.4 Å². The molecule has 0 aliphatic heterocycles. The summed E-state index contributed by atoms with van der Waals surface area (Å²) in [6, 6.07) is 19.7. The molecule has 16 heteroatoms. The number of nitrogens with one attached hydrogen (secondary N) is 1. The maximum Gasteiger partial charge on any atom is 0.325 e. The molecule has 3 N–H and O–H groups in total. The van der Waals surface area contributed by atoms with Gasteiger partial charge in [0.25, 0.3) is 0 Å². The molecular formula is C39H31F4N11O. The van der Waals surface area contributed by atoms with Gasteiger partial charge in [0.05, 0.1) is 24.0 Å². The van der Waals surface area contributed by atoms with Gasteiger partial charge in [0.2, 0.25) is 0 Å². The minimum absolute atomic E-state index is 0.0342. The molecule has 8 aromatic rings. The first-order valence-corrected chi connectivity index (χ1v) is 16.7. The van der Waals surface area contributed by atoms with Gasteiger partial charge in [-0.05, 0) is 85.6 Å². The third-order valence-electron chi connectivity index (χ3n) is 8.61. The quantitative estimate of drug-likeness (QED) is 0.162. The number of halogens is 4. The van der Waals surface area contributed by atoms with Crippen molar-refractivity contribution in [3.8, 4) is 22.8 Å². The highest BCUT2D eigenvalue weighted by molar-refractivity contribution is 6.04. The van der Waals surface area contributed by atoms with Crippen LogP contribution in [0, 0.1) is 37.1 Å². The fourth-order valence-corrected chi connectivity index (χ4v) is 5.90. The summed E-state index contributed by atoms with van der Waals surface area (Å²) >= 11 is 0. The molecular weight excluding hydrogens is 714 g/mol. The van der Waals surface area contributed by atoms with Gasteiger partial charge in [-0.1, -0.05) is 24.3 Å². The fraction of sp³-hybridized carbons (Fsp3) is 0.103. The van der Waals surface area contributed by atoms with E-state index in [1.807, 2.05) is 7.05 Å². The number of carbonyl (C=O) groups is 1. The highest BCUT2D eigenvalue weighted by atomic mass is 19.1. The summed E-state index contributed by atoms with van der Waals surface area (Å²) in [7, 11) is 3.54. The van der Waals surface area contributed by atoms with Gasteiger partial charge in [-0.2, -0.15) is 0 Å². The summed E-state index contributed by atoms with van der Waals surface area (Å²) in [5.41, 5.74) is 10.2. The number of aromatic nitrogens is 8. The minimum atomic E-state index is -0.928. The molecule has 0 aliphatic carbocycles. The lowest BCUT2D eigenvalue weighted by atomic mass is 10.1. The Hall–Kier alpha value is -7.23. The molecule has 2 amide bonds. The van der Waals surface area contributed by atoms with Crippen LogP contribution in [0.4, 0.5) is 45.4 Å². The first-order valence-electron chi connectivity index (χ1n) is 16.7. The van der Waals surface area contributed by atoms with E-state index in [1.54, 1.807) is 72.8 Å². The number of nitrogens with zero attached hydrogens (tertiary/aromatic N) is 9. The van der Waals surface area contributed by atoms with E-state index >= 15 is 0 Å². The molecule has 276 valence electrons. The molecule has 0 atom stereocenters. The number of para-hydroxylation sites is 2. The molecule has 12 nitrogen and oxygen atoms in total. The number of urea groups is 1. The molecule has 0 unspecified atom stereocenters. The molecule has 4 aromatic heterocycles. The number of primary amides is 1. The van der Waals surface area contributed by atoms with Gasteiger partial charge in [-0.25, -0.2) is 57.2 Å². The number of aryl methyl sites for hydroxylation is 4. The smallest absolute Gasteiger partial charge is 0.325 e. The van der Waals surface area contributed by atoms with Crippen molar-refractivity contribution in [2.45, 2.75) is 13.8 Å². The Morgan fingerprint density at radius 1 is 0.673 bits per heavy atom. The number of anilines is 4. The Morgan fingerprint density at radius 3 is 1.76 bits per heavy atom. The summed E-state index contributed by atoms with van der Waals surface area (Å²) < 4.78 is 58.9. The monoisotopic (exact) mass is 745 g/mol. The Kier molecular flexibility index (Phi) is 9.63. The van der Waals surface area contributed by atoms with Crippen LogP contribution in [-0.2, 0) is 14.1 Å². The maximum atomic E-state index is 14.5. The lowest BCUT2D eigenvalue weighted by Gasteiger charge is -2.21. The molecule has 4 aromatic carbocycles. The molecule has 8 rings (SSSR count). The fourth-order valence-electron chi connectivity index (χ4n) is 5.90. The standard InChI is InChI=1S/C20H16F2N6O.C19H15F2N5/c1-11-9-12(21)7-8-13(11)17-25-18-16(24-10-27(18)2)19(26-17)28(20(23)29)15-6-4-3-5-14(15)22;1-11-9-12(20)7-8-13(11)17-24-18(16-19(25-17)26(2)10-22-16)23-15-6-4-3-5-14(15)21/h3-10H,1-2H3,(H2,23,29);3-10H,1-2H3,(H,23,24,25). The third kappa shape index (κ3) is 7.12. The van der Waals surface area contributed by atoms with Crippen LogP contribution in [0.2, 0.25) is 0 Å². The van der Waals surface area contributed by atoms with Crippen molar-refractivity contribution < 1.29 is 22.4 Å². The van der Waals surface area contributed by atoms with E-state index in [9.17, 15) is 22.4 Å². The number of hydrogen-bond acceptors (Lipinski definition) is 8. The first-order chi connectivity index (χ1) is 26.4. The molecule has 0 spiro atoms. The number of amides is 2. The first kappa shape index (κ1) is 36.1. The topological polar surface area (TPSA) is 146 Å². The number of imidazole rings is 2. The van der Waals surface area contributed by atoms with Gasteiger partial charge in [0.1, 0.15) is 23.3 Å². The van der Waals surface area contributed by atoms with E-state index in [-0.39, 0.29) is 28.7 Å². The molecule has 55 heavy (non-hydrogen) atoms. The number of nitrogens with two attached hydrogens (primary N) is 1. The van der Waals surface area contributed by atoms with E-state index in [1.165, 1.54) is 54.9 Å². The number of carbonyl (C=O) groups excluding carboxylic acids is 1. The second kappa shape index (κ2) is 14.7. The van der Waals surface area contributed by atoms with E-state index in [2.05, 4.69) is 35.2 Å². The lowest BCUT2D eigenvalue weighted by Crippen LogP contribution is -2.33. The largest absolute Gasteiger partial charge is 0.351 e. The van der Waals surface area contributed by atoms with E-state index in [0.717, 1.165) is 4.90 Å². The van der Waals surface area contributed by atoms with Crippen molar-refractivity contribution in [2.24, 2.45) is 19.8 Å². The second-order valence-electron chi connectivity index (χ2n) is 12.5. The Bertz CT molecular complexity index is 2750. The number of rotatable bonds is 6. The SMILES string of the molecule is Cc1cc(F)ccc1-c1nc(N(C(N)=O)c2ccccc2F)c2ncn(C)c2n1.Cc1cc(F)ccc1-c1nc(Nc2ccccc2F)c2ncn(C)c2n1. The van der Waals surface area contributed by atoms with Crippen LogP contribution in [-0.4, -0.2) is 45.1 Å². The van der Waals surface area contributed by atoms with Gasteiger partial charge in [-0.3, -0.25) is 0 Å². The van der Waals surface area contributed by atoms with Gasteiger partial charge < -0.3 is 20.2 Å². The Labute approximate surface area is 311 Å². The van der Waals surface area contributed by atoms with Gasteiger partial charge in [-0.15, -0.1) is 0 Å². The third-order valence-corrected chi connectivity index (χ3v) is 8.61. The van der Waals surface area contributed by atoms with Crippen molar-refractivity contribution in [2.75, 3.05) is 10.2 Å². The zero-order chi connectivity index (χ0) is 39.0. The van der Waals surface area contributed by atoms with Crippen LogP contribution < -0.4 is 16.0 Å². The summed E-state index contributed by atoms with van der Waals surface area (Å²) in [4.78, 5) is 39.9. The van der Waals surface area contributed by atoms with Crippen molar-refractivity contribution in [1.82, 2.24) is 39.0 Å². The zero-order valence-electron chi connectivity index (χ0n) is 29.8. The molecule has 0 bridgehead atoms. The van der Waals surface area contributed by atoms with Gasteiger partial charge >= 0.3 is 6.03 Å². The number of fused-ring (bicyclic) bond motifs is 2. The highest BCUT2D eigenvalue weighted by Gasteiger charge is 2.26. The molecule has 0 radical (unpaired) electrons. The van der Waals surface area contributed by atoms with Gasteiger partial charge in [0.15, 0.2) is 45.6 Å². The summed E-state index contributed by atoms with van der Waals surface area (Å²) in [6.45, 7) is 3.51. The van der Waals surface area contributed by atoms with Crippen LogP contribution in [0.5, 0.6) is 0 Å². The predicted molar refractivity (Wildman–Crippen MR) is 201 cm³/mol. The van der Waals surface area contributed by atoms with Crippen LogP contribution in [0.1, 0.15) is 11.1 Å². The normalized spacial score (nSPS) is 11.1. The van der Waals surface area contributed by atoms with Crippen LogP contribution in [0.3, 0.4) is 0 Å². The number of hydrogen-bond donors (Lipinski definition) is 2. The molecule has 0 aliphatic rings. The molecule has 0 saturated heterocycles. The lowest BCUT2D eigenvalue weighted by molar-refractivity contribution is 0.256. The molecule has 0 saturated carbocycles. The van der Waals surface area contributed by atoms with Crippen molar-refractivity contribution in [3.05, 3.63) is 132 Å². The highest BCUT2D eigenvalue weighted by Crippen LogP contribution is 2.34. The maximum absolute atomic E-state index is 14.5. The van der Waals surface area contributed by atoms with Crippen LogP contribution in [0.15, 0.2) is 97.6 Å².